The molecule has 1 aromatic carbocycles. The van der Waals surface area contributed by atoms with E-state index in [0.717, 1.165) is 42.9 Å². The average molecular weight is 306 g/mol. The fourth-order valence-electron chi connectivity index (χ4n) is 2.33. The number of nitrogen functional groups attached to an aromatic ring is 1. The molecule has 5 nitrogen and oxygen atoms in total. The Bertz CT molecular complexity index is 635. The molecule has 0 unspecified atom stereocenters. The highest BCUT2D eigenvalue weighted by Gasteiger charge is 2.14. The van der Waals surface area contributed by atoms with Crippen LogP contribution in [0.3, 0.4) is 0 Å². The summed E-state index contributed by atoms with van der Waals surface area (Å²) in [5.74, 6) is -0.261. The predicted octanol–water partition coefficient (Wildman–Crippen LogP) is 1.97. The molecule has 2 aromatic rings. The van der Waals surface area contributed by atoms with Crippen LogP contribution in [0.5, 0.6) is 0 Å². The van der Waals surface area contributed by atoms with Crippen molar-refractivity contribution in [3.05, 3.63) is 29.1 Å². The van der Waals surface area contributed by atoms with Gasteiger partial charge in [-0.2, -0.15) is 0 Å². The largest absolute Gasteiger partial charge is 0.460 e. The van der Waals surface area contributed by atoms with Crippen LogP contribution in [0.1, 0.15) is 9.67 Å². The fraction of sp³-hybridized carbons (Fsp3) is 0.400. The second-order valence-electron chi connectivity index (χ2n) is 5.00. The molecule has 0 radical (unpaired) electrons. The molecule has 3 rings (SSSR count). The van der Waals surface area contributed by atoms with Crippen molar-refractivity contribution in [2.45, 2.75) is 0 Å². The van der Waals surface area contributed by atoms with Gasteiger partial charge in [-0.1, -0.05) is 0 Å². The van der Waals surface area contributed by atoms with Crippen LogP contribution in [0.25, 0.3) is 10.1 Å². The van der Waals surface area contributed by atoms with Crippen molar-refractivity contribution in [1.29, 1.82) is 0 Å². The fourth-order valence-corrected chi connectivity index (χ4v) is 3.26. The summed E-state index contributed by atoms with van der Waals surface area (Å²) in [6, 6.07) is 7.48. The third-order valence-corrected chi connectivity index (χ3v) is 4.58. The van der Waals surface area contributed by atoms with Crippen LogP contribution in [0.2, 0.25) is 0 Å². The number of nitrogens with two attached hydrogens (primary N) is 1. The van der Waals surface area contributed by atoms with Crippen LogP contribution in [0.15, 0.2) is 24.3 Å². The number of hydrogen-bond donors (Lipinski definition) is 1. The molecule has 1 aliphatic rings. The molecule has 21 heavy (non-hydrogen) atoms. The van der Waals surface area contributed by atoms with Gasteiger partial charge in [0.2, 0.25) is 0 Å². The van der Waals surface area contributed by atoms with E-state index in [2.05, 4.69) is 4.90 Å². The summed E-state index contributed by atoms with van der Waals surface area (Å²) in [4.78, 5) is 14.9. The van der Waals surface area contributed by atoms with Gasteiger partial charge >= 0.3 is 5.97 Å². The van der Waals surface area contributed by atoms with Gasteiger partial charge < -0.3 is 15.2 Å². The average Bonchev–Trinajstić information content (AvgIpc) is 2.91. The number of esters is 1. The Kier molecular flexibility index (Phi) is 4.38. The number of carbonyl (C=O) groups is 1. The molecule has 1 saturated heterocycles. The molecule has 0 spiro atoms. The van der Waals surface area contributed by atoms with Gasteiger partial charge in [0.15, 0.2) is 0 Å². The monoisotopic (exact) mass is 306 g/mol. The molecule has 0 aliphatic carbocycles. The lowest BCUT2D eigenvalue weighted by molar-refractivity contribution is 0.0197. The molecule has 112 valence electrons. The first-order valence-corrected chi connectivity index (χ1v) is 7.80. The van der Waals surface area contributed by atoms with Crippen molar-refractivity contribution in [3.63, 3.8) is 0 Å². The van der Waals surface area contributed by atoms with E-state index in [1.807, 2.05) is 24.3 Å². The Morgan fingerprint density at radius 2 is 2.14 bits per heavy atom. The number of rotatable bonds is 4. The Labute approximate surface area is 127 Å². The van der Waals surface area contributed by atoms with E-state index in [9.17, 15) is 4.79 Å². The van der Waals surface area contributed by atoms with Crippen LogP contribution in [-0.2, 0) is 9.47 Å². The quantitative estimate of drug-likeness (QED) is 0.691. The molecule has 0 saturated carbocycles. The van der Waals surface area contributed by atoms with Crippen molar-refractivity contribution < 1.29 is 14.3 Å². The summed E-state index contributed by atoms with van der Waals surface area (Å²) in [5, 5.41) is 0.986. The van der Waals surface area contributed by atoms with E-state index in [1.54, 1.807) is 0 Å². The normalized spacial score (nSPS) is 16.2. The zero-order valence-electron chi connectivity index (χ0n) is 11.7. The van der Waals surface area contributed by atoms with E-state index >= 15 is 0 Å². The van der Waals surface area contributed by atoms with Gasteiger partial charge in [0, 0.05) is 30.0 Å². The van der Waals surface area contributed by atoms with Gasteiger partial charge in [-0.05, 0) is 29.7 Å². The van der Waals surface area contributed by atoms with Crippen molar-refractivity contribution in [1.82, 2.24) is 4.90 Å². The molecule has 2 N–H and O–H groups in total. The van der Waals surface area contributed by atoms with Crippen LogP contribution in [0.4, 0.5) is 5.69 Å². The third-order valence-electron chi connectivity index (χ3n) is 3.49. The molecular weight excluding hydrogens is 288 g/mol. The Hall–Kier alpha value is -1.63. The molecule has 0 amide bonds. The first-order chi connectivity index (χ1) is 10.2. The highest BCUT2D eigenvalue weighted by molar-refractivity contribution is 7.20. The molecule has 6 heteroatoms. The summed E-state index contributed by atoms with van der Waals surface area (Å²) < 4.78 is 11.7. The van der Waals surface area contributed by atoms with E-state index in [1.165, 1.54) is 11.3 Å². The summed E-state index contributed by atoms with van der Waals surface area (Å²) in [5.41, 5.74) is 6.45. The van der Waals surface area contributed by atoms with Crippen LogP contribution < -0.4 is 5.73 Å². The summed E-state index contributed by atoms with van der Waals surface area (Å²) in [6.45, 7) is 4.49. The van der Waals surface area contributed by atoms with Crippen molar-refractivity contribution in [2.24, 2.45) is 0 Å². The summed E-state index contributed by atoms with van der Waals surface area (Å²) in [6.07, 6.45) is 0. The van der Waals surface area contributed by atoms with Gasteiger partial charge in [0.25, 0.3) is 0 Å². The number of nitrogens with zero attached hydrogens (tertiary/aromatic N) is 1. The summed E-state index contributed by atoms with van der Waals surface area (Å²) in [7, 11) is 0. The Morgan fingerprint density at radius 3 is 2.95 bits per heavy atom. The highest BCUT2D eigenvalue weighted by Crippen LogP contribution is 2.27. The number of fused-ring (bicyclic) bond motifs is 1. The lowest BCUT2D eigenvalue weighted by Crippen LogP contribution is -2.38. The smallest absolute Gasteiger partial charge is 0.348 e. The van der Waals surface area contributed by atoms with Crippen molar-refractivity contribution >= 4 is 33.1 Å². The van der Waals surface area contributed by atoms with Crippen LogP contribution >= 0.6 is 11.3 Å². The lowest BCUT2D eigenvalue weighted by atomic mass is 10.2. The van der Waals surface area contributed by atoms with Gasteiger partial charge in [-0.3, -0.25) is 4.90 Å². The predicted molar refractivity (Wildman–Crippen MR) is 83.8 cm³/mol. The van der Waals surface area contributed by atoms with E-state index < -0.39 is 0 Å². The van der Waals surface area contributed by atoms with Crippen LogP contribution in [0, 0.1) is 0 Å². The minimum atomic E-state index is -0.261. The molecule has 1 aromatic heterocycles. The second kappa shape index (κ2) is 6.43. The molecule has 0 bridgehead atoms. The molecule has 0 atom stereocenters. The zero-order valence-corrected chi connectivity index (χ0v) is 12.5. The topological polar surface area (TPSA) is 64.8 Å². The van der Waals surface area contributed by atoms with Gasteiger partial charge in [-0.25, -0.2) is 4.79 Å². The molecular formula is C15H18N2O3S. The number of ether oxygens (including phenoxy) is 2. The second-order valence-corrected chi connectivity index (χ2v) is 6.08. The molecule has 1 aliphatic heterocycles. The van der Waals surface area contributed by atoms with E-state index in [-0.39, 0.29) is 5.97 Å². The lowest BCUT2D eigenvalue weighted by Gasteiger charge is -2.26. The maximum atomic E-state index is 12.1. The first-order valence-electron chi connectivity index (χ1n) is 6.99. The minimum absolute atomic E-state index is 0.261. The zero-order chi connectivity index (χ0) is 14.7. The Morgan fingerprint density at radius 1 is 1.33 bits per heavy atom. The van der Waals surface area contributed by atoms with E-state index in [0.29, 0.717) is 17.2 Å². The van der Waals surface area contributed by atoms with Gasteiger partial charge in [0.05, 0.1) is 13.2 Å². The van der Waals surface area contributed by atoms with Crippen molar-refractivity contribution in [3.8, 4) is 0 Å². The number of hydrogen-bond acceptors (Lipinski definition) is 6. The number of thiophene rings is 1. The number of carbonyl (C=O) groups excluding carboxylic acids is 1. The number of anilines is 1. The first kappa shape index (κ1) is 14.3. The Balaban J connectivity index is 1.56. The maximum Gasteiger partial charge on any atom is 0.348 e. The number of benzene rings is 1. The van der Waals surface area contributed by atoms with Crippen molar-refractivity contribution in [2.75, 3.05) is 45.2 Å². The summed E-state index contributed by atoms with van der Waals surface area (Å²) >= 11 is 1.44. The number of morpholine rings is 1. The standard InChI is InChI=1S/C15H18N2O3S/c16-12-1-2-13-11(9-12)10-14(21-13)15(18)20-8-5-17-3-6-19-7-4-17/h1-2,9-10H,3-8,16H2. The van der Waals surface area contributed by atoms with Gasteiger partial charge in [-0.15, -0.1) is 11.3 Å². The maximum absolute atomic E-state index is 12.1. The minimum Gasteiger partial charge on any atom is -0.460 e. The highest BCUT2D eigenvalue weighted by atomic mass is 32.1. The third kappa shape index (κ3) is 3.53. The molecule has 2 heterocycles. The molecule has 1 fully saturated rings. The van der Waals surface area contributed by atoms with Gasteiger partial charge in [0.1, 0.15) is 11.5 Å². The van der Waals surface area contributed by atoms with Crippen LogP contribution in [-0.4, -0.2) is 50.3 Å². The van der Waals surface area contributed by atoms with E-state index in [4.69, 9.17) is 15.2 Å². The SMILES string of the molecule is Nc1ccc2sc(C(=O)OCCN3CCOCC3)cc2c1.